The zero-order valence-corrected chi connectivity index (χ0v) is 12.5. The predicted molar refractivity (Wildman–Crippen MR) is 84.0 cm³/mol. The van der Waals surface area contributed by atoms with Crippen LogP contribution in [0.25, 0.3) is 0 Å². The molecule has 0 unspecified atom stereocenters. The summed E-state index contributed by atoms with van der Waals surface area (Å²) in [7, 11) is 0. The maximum Gasteiger partial charge on any atom is 0.264 e. The summed E-state index contributed by atoms with van der Waals surface area (Å²) in [6.07, 6.45) is 0.407. The third-order valence-electron chi connectivity index (χ3n) is 3.70. The van der Waals surface area contributed by atoms with Crippen molar-refractivity contribution in [3.8, 4) is 11.5 Å². The Hall–Kier alpha value is -2.49. The lowest BCUT2D eigenvalue weighted by Crippen LogP contribution is -2.43. The number of fused-ring (bicyclic) bond motifs is 1. The summed E-state index contributed by atoms with van der Waals surface area (Å²) >= 11 is 0. The van der Waals surface area contributed by atoms with E-state index in [1.165, 1.54) is 5.56 Å². The van der Waals surface area contributed by atoms with Crippen molar-refractivity contribution in [3.05, 3.63) is 59.7 Å². The number of benzene rings is 2. The molecule has 0 aliphatic carbocycles. The van der Waals surface area contributed by atoms with Crippen molar-refractivity contribution >= 4 is 5.91 Å². The molecule has 2 aromatic carbocycles. The molecule has 1 atom stereocenters. The molecule has 1 aliphatic heterocycles. The highest BCUT2D eigenvalue weighted by Gasteiger charge is 2.26. The molecule has 1 aliphatic rings. The minimum Gasteiger partial charge on any atom is -0.485 e. The molecule has 0 saturated heterocycles. The van der Waals surface area contributed by atoms with E-state index < -0.39 is 6.10 Å². The second-order valence-electron chi connectivity index (χ2n) is 5.25. The van der Waals surface area contributed by atoms with Crippen LogP contribution in [-0.4, -0.2) is 18.6 Å². The van der Waals surface area contributed by atoms with Gasteiger partial charge in [-0.25, -0.2) is 0 Å². The molecular formula is C18H19NO3. The van der Waals surface area contributed by atoms with E-state index in [2.05, 4.69) is 24.4 Å². The third kappa shape index (κ3) is 3.22. The standard InChI is InChI=1S/C18H19NO3/c1-2-13-7-9-14(10-8-13)11-19-18(20)17-12-21-15-5-3-4-6-16(15)22-17/h3-10,17H,2,11-12H2,1H3,(H,19,20)/t17-/m0/s1. The van der Waals surface area contributed by atoms with Crippen molar-refractivity contribution in [1.82, 2.24) is 5.32 Å². The lowest BCUT2D eigenvalue weighted by Gasteiger charge is -2.25. The number of amides is 1. The summed E-state index contributed by atoms with van der Waals surface area (Å²) in [6.45, 7) is 2.84. The maximum atomic E-state index is 12.2. The van der Waals surface area contributed by atoms with Gasteiger partial charge in [-0.3, -0.25) is 4.79 Å². The lowest BCUT2D eigenvalue weighted by atomic mass is 10.1. The Morgan fingerprint density at radius 2 is 1.77 bits per heavy atom. The quantitative estimate of drug-likeness (QED) is 0.944. The second kappa shape index (κ2) is 6.52. The zero-order chi connectivity index (χ0) is 15.4. The molecule has 0 spiro atoms. The maximum absolute atomic E-state index is 12.2. The first-order chi connectivity index (χ1) is 10.8. The number of para-hydroxylation sites is 2. The first-order valence-electron chi connectivity index (χ1n) is 7.50. The molecule has 3 rings (SSSR count). The molecule has 1 heterocycles. The third-order valence-corrected chi connectivity index (χ3v) is 3.70. The van der Waals surface area contributed by atoms with E-state index in [0.29, 0.717) is 18.0 Å². The Bertz CT molecular complexity index is 652. The van der Waals surface area contributed by atoms with Crippen LogP contribution in [0.3, 0.4) is 0 Å². The molecule has 22 heavy (non-hydrogen) atoms. The average Bonchev–Trinajstić information content (AvgIpc) is 2.59. The van der Waals surface area contributed by atoms with Crippen LogP contribution in [0.1, 0.15) is 18.1 Å². The van der Waals surface area contributed by atoms with Gasteiger partial charge in [0.1, 0.15) is 6.61 Å². The monoisotopic (exact) mass is 297 g/mol. The van der Waals surface area contributed by atoms with Crippen molar-refractivity contribution in [2.75, 3.05) is 6.61 Å². The summed E-state index contributed by atoms with van der Waals surface area (Å²) in [6, 6.07) is 15.6. The number of carbonyl (C=O) groups excluding carboxylic acids is 1. The lowest BCUT2D eigenvalue weighted by molar-refractivity contribution is -0.130. The summed E-state index contributed by atoms with van der Waals surface area (Å²) in [4.78, 5) is 12.2. The molecule has 2 aromatic rings. The number of carbonyl (C=O) groups is 1. The fourth-order valence-electron chi connectivity index (χ4n) is 2.34. The van der Waals surface area contributed by atoms with E-state index in [9.17, 15) is 4.79 Å². The van der Waals surface area contributed by atoms with Crippen LogP contribution in [0.5, 0.6) is 11.5 Å². The van der Waals surface area contributed by atoms with Crippen molar-refractivity contribution in [3.63, 3.8) is 0 Å². The molecule has 114 valence electrons. The van der Waals surface area contributed by atoms with Gasteiger partial charge in [0, 0.05) is 6.54 Å². The van der Waals surface area contributed by atoms with Gasteiger partial charge in [0.05, 0.1) is 0 Å². The highest BCUT2D eigenvalue weighted by atomic mass is 16.6. The molecule has 0 saturated carbocycles. The minimum absolute atomic E-state index is 0.158. The van der Waals surface area contributed by atoms with Gasteiger partial charge in [-0.1, -0.05) is 43.3 Å². The van der Waals surface area contributed by atoms with Gasteiger partial charge < -0.3 is 14.8 Å². The number of ether oxygens (including phenoxy) is 2. The number of rotatable bonds is 4. The van der Waals surface area contributed by atoms with Crippen molar-refractivity contribution in [2.24, 2.45) is 0 Å². The van der Waals surface area contributed by atoms with Crippen LogP contribution in [0.2, 0.25) is 0 Å². The van der Waals surface area contributed by atoms with E-state index in [1.54, 1.807) is 6.07 Å². The number of aryl methyl sites for hydroxylation is 1. The molecule has 1 amide bonds. The number of nitrogens with one attached hydrogen (secondary N) is 1. The van der Waals surface area contributed by atoms with E-state index in [1.807, 2.05) is 30.3 Å². The average molecular weight is 297 g/mol. The first-order valence-corrected chi connectivity index (χ1v) is 7.50. The van der Waals surface area contributed by atoms with Crippen LogP contribution in [-0.2, 0) is 17.8 Å². The summed E-state index contributed by atoms with van der Waals surface area (Å²) in [5.74, 6) is 1.14. The predicted octanol–water partition coefficient (Wildman–Crippen LogP) is 2.71. The van der Waals surface area contributed by atoms with Gasteiger partial charge in [0.2, 0.25) is 6.10 Å². The van der Waals surface area contributed by atoms with E-state index >= 15 is 0 Å². The molecule has 4 nitrogen and oxygen atoms in total. The molecule has 0 aromatic heterocycles. The number of hydrogen-bond donors (Lipinski definition) is 1. The van der Waals surface area contributed by atoms with Crippen LogP contribution in [0.4, 0.5) is 0 Å². The summed E-state index contributed by atoms with van der Waals surface area (Å²) in [5.41, 5.74) is 2.36. The smallest absolute Gasteiger partial charge is 0.264 e. The minimum atomic E-state index is -0.607. The van der Waals surface area contributed by atoms with E-state index in [4.69, 9.17) is 9.47 Å². The van der Waals surface area contributed by atoms with Crippen molar-refractivity contribution < 1.29 is 14.3 Å². The molecular weight excluding hydrogens is 278 g/mol. The van der Waals surface area contributed by atoms with Gasteiger partial charge >= 0.3 is 0 Å². The van der Waals surface area contributed by atoms with E-state index in [-0.39, 0.29) is 12.5 Å². The van der Waals surface area contributed by atoms with Gasteiger partial charge in [-0.05, 0) is 29.7 Å². The first kappa shape index (κ1) is 14.4. The topological polar surface area (TPSA) is 47.6 Å². The largest absolute Gasteiger partial charge is 0.485 e. The SMILES string of the molecule is CCc1ccc(CNC(=O)[C@@H]2COc3ccccc3O2)cc1. The van der Waals surface area contributed by atoms with Gasteiger partial charge in [0.25, 0.3) is 5.91 Å². The number of hydrogen-bond acceptors (Lipinski definition) is 3. The molecule has 4 heteroatoms. The molecule has 1 N–H and O–H groups in total. The van der Waals surface area contributed by atoms with Gasteiger partial charge in [-0.2, -0.15) is 0 Å². The van der Waals surface area contributed by atoms with Crippen LogP contribution >= 0.6 is 0 Å². The highest BCUT2D eigenvalue weighted by Crippen LogP contribution is 2.30. The van der Waals surface area contributed by atoms with Crippen LogP contribution in [0, 0.1) is 0 Å². The zero-order valence-electron chi connectivity index (χ0n) is 12.5. The Morgan fingerprint density at radius 1 is 1.09 bits per heavy atom. The Labute approximate surface area is 130 Å². The second-order valence-corrected chi connectivity index (χ2v) is 5.25. The van der Waals surface area contributed by atoms with Gasteiger partial charge in [-0.15, -0.1) is 0 Å². The van der Waals surface area contributed by atoms with Crippen LogP contribution < -0.4 is 14.8 Å². The van der Waals surface area contributed by atoms with Crippen molar-refractivity contribution in [2.45, 2.75) is 26.0 Å². The van der Waals surface area contributed by atoms with E-state index in [0.717, 1.165) is 12.0 Å². The fraction of sp³-hybridized carbons (Fsp3) is 0.278. The Balaban J connectivity index is 1.56. The fourth-order valence-corrected chi connectivity index (χ4v) is 2.34. The highest BCUT2D eigenvalue weighted by molar-refractivity contribution is 5.81. The summed E-state index contributed by atoms with van der Waals surface area (Å²) in [5, 5.41) is 2.89. The van der Waals surface area contributed by atoms with Crippen LogP contribution in [0.15, 0.2) is 48.5 Å². The molecule has 0 bridgehead atoms. The molecule has 0 fully saturated rings. The summed E-state index contributed by atoms with van der Waals surface area (Å²) < 4.78 is 11.2. The Morgan fingerprint density at radius 3 is 2.50 bits per heavy atom. The van der Waals surface area contributed by atoms with Gasteiger partial charge in [0.15, 0.2) is 11.5 Å². The van der Waals surface area contributed by atoms with Crippen molar-refractivity contribution in [1.29, 1.82) is 0 Å². The Kier molecular flexibility index (Phi) is 4.28. The molecule has 0 radical (unpaired) electrons. The normalized spacial score (nSPS) is 16.1.